The van der Waals surface area contributed by atoms with Crippen LogP contribution < -0.4 is 5.32 Å². The summed E-state index contributed by atoms with van der Waals surface area (Å²) in [6.07, 6.45) is 6.01. The first kappa shape index (κ1) is 52.9. The van der Waals surface area contributed by atoms with Gasteiger partial charge in [0.15, 0.2) is 0 Å². The number of anilines is 1. The highest BCUT2D eigenvalue weighted by Crippen LogP contribution is 2.28. The number of hydrogen-bond donors (Lipinski definition) is 1. The van der Waals surface area contributed by atoms with Gasteiger partial charge in [-0.15, -0.1) is 0 Å². The molecule has 336 valence electrons. The molecular weight excluding hydrogens is 770 g/mol. The monoisotopic (exact) mass is 837 g/mol. The molecule has 0 aliphatic rings. The SMILES string of the molecule is CCCCCCCC(=O)OCCOCCOCCOCCOCCOCCOCCOCCOCCOCCOCCOCCNc1ccc([N+](=O)[O-])cc1[N+](=O)[O-]. The van der Waals surface area contributed by atoms with E-state index in [0.717, 1.165) is 18.9 Å². The third-order valence-corrected chi connectivity index (χ3v) is 7.65. The van der Waals surface area contributed by atoms with Gasteiger partial charge in [0.2, 0.25) is 0 Å². The van der Waals surface area contributed by atoms with Crippen molar-refractivity contribution in [3.63, 3.8) is 0 Å². The summed E-state index contributed by atoms with van der Waals surface area (Å²) in [5, 5.41) is 24.8. The van der Waals surface area contributed by atoms with Crippen LogP contribution in [0.2, 0.25) is 0 Å². The highest BCUT2D eigenvalue weighted by Gasteiger charge is 2.19. The highest BCUT2D eigenvalue weighted by molar-refractivity contribution is 5.69. The molecule has 0 fully saturated rings. The van der Waals surface area contributed by atoms with Crippen LogP contribution in [0.4, 0.5) is 17.1 Å². The van der Waals surface area contributed by atoms with Gasteiger partial charge in [-0.05, 0) is 12.5 Å². The van der Waals surface area contributed by atoms with E-state index in [1.807, 2.05) is 0 Å². The fourth-order valence-corrected chi connectivity index (χ4v) is 4.65. The van der Waals surface area contributed by atoms with Gasteiger partial charge in [-0.25, -0.2) is 0 Å². The van der Waals surface area contributed by atoms with Crippen LogP contribution in [0, 0.1) is 20.2 Å². The molecule has 0 saturated heterocycles. The molecule has 0 radical (unpaired) electrons. The number of nitrogens with zero attached hydrogens (tertiary/aromatic N) is 2. The van der Waals surface area contributed by atoms with Gasteiger partial charge < -0.3 is 62.2 Å². The van der Waals surface area contributed by atoms with E-state index in [-0.39, 0.29) is 42.8 Å². The van der Waals surface area contributed by atoms with E-state index in [9.17, 15) is 25.0 Å². The van der Waals surface area contributed by atoms with Gasteiger partial charge in [0.25, 0.3) is 11.4 Å². The largest absolute Gasteiger partial charge is 0.463 e. The maximum absolute atomic E-state index is 11.6. The molecule has 1 N–H and O–H groups in total. The van der Waals surface area contributed by atoms with Crippen LogP contribution in [0.5, 0.6) is 0 Å². The number of esters is 1. The Hall–Kier alpha value is -3.15. The van der Waals surface area contributed by atoms with E-state index in [2.05, 4.69) is 12.2 Å². The molecule has 58 heavy (non-hydrogen) atoms. The summed E-state index contributed by atoms with van der Waals surface area (Å²) in [5.74, 6) is -0.159. The van der Waals surface area contributed by atoms with Crippen molar-refractivity contribution in [2.24, 2.45) is 0 Å². The third kappa shape index (κ3) is 33.8. The van der Waals surface area contributed by atoms with E-state index < -0.39 is 9.85 Å². The lowest BCUT2D eigenvalue weighted by Gasteiger charge is -2.09. The zero-order chi connectivity index (χ0) is 42.0. The lowest BCUT2D eigenvalue weighted by Crippen LogP contribution is -2.16. The Morgan fingerprint density at radius 2 is 0.862 bits per heavy atom. The number of nitro benzene ring substituents is 2. The fraction of sp³-hybridized carbons (Fsp3) is 0.816. The molecule has 0 aromatic heterocycles. The van der Waals surface area contributed by atoms with Crippen molar-refractivity contribution in [3.8, 4) is 0 Å². The second-order valence-corrected chi connectivity index (χ2v) is 12.3. The van der Waals surface area contributed by atoms with Crippen LogP contribution in [0.3, 0.4) is 0 Å². The zero-order valence-electron chi connectivity index (χ0n) is 34.3. The number of unbranched alkanes of at least 4 members (excludes halogenated alkanes) is 4. The molecule has 0 heterocycles. The predicted molar refractivity (Wildman–Crippen MR) is 212 cm³/mol. The average Bonchev–Trinajstić information content (AvgIpc) is 3.21. The minimum atomic E-state index is -0.683. The number of non-ortho nitro benzene ring substituents is 1. The van der Waals surface area contributed by atoms with Crippen LogP contribution in [0.15, 0.2) is 18.2 Å². The number of carbonyl (C=O) groups excluding carboxylic acids is 1. The molecule has 20 heteroatoms. The molecule has 0 unspecified atom stereocenters. The number of carbonyl (C=O) groups is 1. The quantitative estimate of drug-likeness (QED) is 0.0424. The van der Waals surface area contributed by atoms with Crippen LogP contribution in [0.25, 0.3) is 0 Å². The summed E-state index contributed by atoms with van der Waals surface area (Å²) in [6, 6.07) is 3.42. The van der Waals surface area contributed by atoms with Crippen LogP contribution in [-0.2, 0) is 61.6 Å². The van der Waals surface area contributed by atoms with Crippen molar-refractivity contribution < 1.29 is 71.5 Å². The molecule has 1 rings (SSSR count). The summed E-state index contributed by atoms with van der Waals surface area (Å²) in [4.78, 5) is 32.3. The van der Waals surface area contributed by atoms with E-state index >= 15 is 0 Å². The fourth-order valence-electron chi connectivity index (χ4n) is 4.65. The minimum Gasteiger partial charge on any atom is -0.463 e. The maximum atomic E-state index is 11.6. The second-order valence-electron chi connectivity index (χ2n) is 12.3. The number of nitrogens with one attached hydrogen (secondary N) is 1. The van der Waals surface area contributed by atoms with Gasteiger partial charge in [-0.2, -0.15) is 0 Å². The second kappa shape index (κ2) is 40.6. The van der Waals surface area contributed by atoms with Gasteiger partial charge in [0.1, 0.15) is 12.3 Å². The zero-order valence-corrected chi connectivity index (χ0v) is 34.3. The molecule has 0 atom stereocenters. The van der Waals surface area contributed by atoms with Crippen molar-refractivity contribution in [2.75, 3.05) is 164 Å². The number of hydrogen-bond acceptors (Lipinski definition) is 18. The van der Waals surface area contributed by atoms with E-state index in [1.54, 1.807) is 0 Å². The Labute approximate surface area is 341 Å². The number of benzene rings is 1. The van der Waals surface area contributed by atoms with Crippen LogP contribution in [-0.4, -0.2) is 174 Å². The van der Waals surface area contributed by atoms with Crippen molar-refractivity contribution in [1.29, 1.82) is 0 Å². The molecule has 20 nitrogen and oxygen atoms in total. The summed E-state index contributed by atoms with van der Waals surface area (Å²) in [5.41, 5.74) is -0.535. The Morgan fingerprint density at radius 3 is 1.22 bits per heavy atom. The van der Waals surface area contributed by atoms with Crippen LogP contribution in [0.1, 0.15) is 45.4 Å². The summed E-state index contributed by atoms with van der Waals surface area (Å²) in [7, 11) is 0. The van der Waals surface area contributed by atoms with Crippen molar-refractivity contribution in [2.45, 2.75) is 45.4 Å². The number of rotatable bonds is 45. The summed E-state index contributed by atoms with van der Waals surface area (Å²) < 4.78 is 65.2. The van der Waals surface area contributed by atoms with Crippen molar-refractivity contribution in [3.05, 3.63) is 38.4 Å². The first-order valence-corrected chi connectivity index (χ1v) is 20.1. The third-order valence-electron chi connectivity index (χ3n) is 7.65. The molecule has 0 bridgehead atoms. The minimum absolute atomic E-state index is 0.159. The van der Waals surface area contributed by atoms with E-state index in [0.29, 0.717) is 145 Å². The van der Waals surface area contributed by atoms with E-state index in [4.69, 9.17) is 56.8 Å². The molecule has 1 aromatic carbocycles. The maximum Gasteiger partial charge on any atom is 0.305 e. The molecule has 0 aliphatic carbocycles. The van der Waals surface area contributed by atoms with Gasteiger partial charge in [-0.3, -0.25) is 25.0 Å². The topological polar surface area (TPSA) is 226 Å². The lowest BCUT2D eigenvalue weighted by atomic mass is 10.1. The lowest BCUT2D eigenvalue weighted by molar-refractivity contribution is -0.393. The molecular formula is C38H67N3O17. The van der Waals surface area contributed by atoms with Gasteiger partial charge in [-0.1, -0.05) is 32.6 Å². The average molecular weight is 838 g/mol. The van der Waals surface area contributed by atoms with Crippen molar-refractivity contribution in [1.82, 2.24) is 0 Å². The van der Waals surface area contributed by atoms with Gasteiger partial charge in [0.05, 0.1) is 161 Å². The Balaban J connectivity index is 1.69. The Morgan fingerprint density at radius 1 is 0.500 bits per heavy atom. The standard InChI is InChI=1S/C38H67N3O17/c1-2-3-4-5-6-7-38(42)58-33-32-57-31-30-56-29-28-55-27-26-54-25-24-53-23-22-52-21-20-51-19-18-50-17-16-49-15-14-48-13-12-47-11-10-39-36-9-8-35(40(43)44)34-37(36)41(45)46/h8-9,34,39H,2-7,10-33H2,1H3. The molecule has 1 aromatic rings. The molecule has 0 aliphatic heterocycles. The number of ether oxygens (including phenoxy) is 12. The summed E-state index contributed by atoms with van der Waals surface area (Å²) >= 11 is 0. The van der Waals surface area contributed by atoms with E-state index in [1.165, 1.54) is 31.4 Å². The smallest absolute Gasteiger partial charge is 0.305 e. The Bertz CT molecular complexity index is 1140. The van der Waals surface area contributed by atoms with Gasteiger partial charge >= 0.3 is 5.97 Å². The van der Waals surface area contributed by atoms with Crippen LogP contribution >= 0.6 is 0 Å². The molecule has 0 amide bonds. The summed E-state index contributed by atoms with van der Waals surface area (Å²) in [6.45, 7) is 12.2. The molecule has 0 spiro atoms. The molecule has 0 saturated carbocycles. The van der Waals surface area contributed by atoms with Gasteiger partial charge in [0, 0.05) is 19.0 Å². The predicted octanol–water partition coefficient (Wildman–Crippen LogP) is 4.00. The normalized spacial score (nSPS) is 11.3. The highest BCUT2D eigenvalue weighted by atomic mass is 16.6. The Kier molecular flexibility index (Phi) is 37.0. The first-order chi connectivity index (χ1) is 28.5. The first-order valence-electron chi connectivity index (χ1n) is 20.1. The number of nitro groups is 2. The van der Waals surface area contributed by atoms with Crippen molar-refractivity contribution >= 4 is 23.0 Å².